The molecule has 1 aliphatic carbocycles. The Bertz CT molecular complexity index is 882. The number of amides is 2. The lowest BCUT2D eigenvalue weighted by molar-refractivity contribution is 0.0560. The molecule has 1 fully saturated rings. The van der Waals surface area contributed by atoms with Crippen molar-refractivity contribution in [2.45, 2.75) is 97.4 Å². The highest BCUT2D eigenvalue weighted by atomic mass is 16.6. The molecule has 0 aromatic heterocycles. The van der Waals surface area contributed by atoms with Crippen LogP contribution in [-0.4, -0.2) is 47.6 Å². The fourth-order valence-corrected chi connectivity index (χ4v) is 3.76. The second kappa shape index (κ2) is 13.5. The quantitative estimate of drug-likeness (QED) is 0.332. The van der Waals surface area contributed by atoms with Gasteiger partial charge in [0.05, 0.1) is 12.7 Å². The van der Waals surface area contributed by atoms with Crippen LogP contribution in [0, 0.1) is 5.92 Å². The molecule has 1 aliphatic rings. The molecule has 0 heterocycles. The summed E-state index contributed by atoms with van der Waals surface area (Å²) in [5, 5.41) is 16.0. The predicted octanol–water partition coefficient (Wildman–Crippen LogP) is 5.47. The molecular weight excluding hydrogens is 462 g/mol. The fourth-order valence-electron chi connectivity index (χ4n) is 3.76. The first-order chi connectivity index (χ1) is 16.8. The molecule has 0 unspecified atom stereocenters. The van der Waals surface area contributed by atoms with Crippen molar-refractivity contribution in [2.24, 2.45) is 10.9 Å². The van der Waals surface area contributed by atoms with Crippen LogP contribution >= 0.6 is 0 Å². The van der Waals surface area contributed by atoms with Crippen LogP contribution in [-0.2, 0) is 9.47 Å². The minimum absolute atomic E-state index is 0.115. The number of benzene rings is 1. The first-order valence-electron chi connectivity index (χ1n) is 12.8. The summed E-state index contributed by atoms with van der Waals surface area (Å²) in [5.74, 6) is 1.22. The number of rotatable bonds is 7. The van der Waals surface area contributed by atoms with Crippen LogP contribution in [0.3, 0.4) is 0 Å². The molecule has 0 spiro atoms. The Kier molecular flexibility index (Phi) is 11.0. The van der Waals surface area contributed by atoms with Gasteiger partial charge in [0.2, 0.25) is 5.96 Å². The van der Waals surface area contributed by atoms with Crippen molar-refractivity contribution < 1.29 is 28.9 Å². The van der Waals surface area contributed by atoms with Crippen LogP contribution in [0.15, 0.2) is 29.3 Å². The van der Waals surface area contributed by atoms with Crippen LogP contribution in [0.2, 0.25) is 0 Å². The number of aliphatic imine (C=N–C) groups is 1. The SMILES string of the molecule is CC(C)(C)OC(=O)/N=C(\NCC[C@@H](O)c1cccc(OCC2CCCCC2)c1)NC(=O)OC(C)(C)C. The first kappa shape index (κ1) is 29.4. The molecule has 3 N–H and O–H groups in total. The number of carbonyl (C=O) groups is 2. The first-order valence-corrected chi connectivity index (χ1v) is 12.8. The van der Waals surface area contributed by atoms with Gasteiger partial charge in [-0.05, 0) is 84.4 Å². The van der Waals surface area contributed by atoms with E-state index in [9.17, 15) is 14.7 Å². The Morgan fingerprint density at radius 3 is 2.36 bits per heavy atom. The number of hydrogen-bond donors (Lipinski definition) is 3. The molecule has 1 atom stereocenters. The summed E-state index contributed by atoms with van der Waals surface area (Å²) in [7, 11) is 0. The van der Waals surface area contributed by atoms with E-state index in [4.69, 9.17) is 14.2 Å². The van der Waals surface area contributed by atoms with E-state index in [1.165, 1.54) is 32.1 Å². The Hall–Kier alpha value is -2.81. The molecule has 0 radical (unpaired) electrons. The number of hydrogen-bond acceptors (Lipinski definition) is 6. The Morgan fingerprint density at radius 2 is 1.72 bits per heavy atom. The van der Waals surface area contributed by atoms with Gasteiger partial charge in [0.1, 0.15) is 17.0 Å². The van der Waals surface area contributed by atoms with E-state index in [0.717, 1.165) is 11.3 Å². The number of alkyl carbamates (subject to hydrolysis) is 1. The van der Waals surface area contributed by atoms with Gasteiger partial charge in [-0.2, -0.15) is 0 Å². The van der Waals surface area contributed by atoms with E-state index in [2.05, 4.69) is 15.6 Å². The number of guanidine groups is 1. The number of carbonyl (C=O) groups excluding carboxylic acids is 2. The molecule has 1 aromatic rings. The summed E-state index contributed by atoms with van der Waals surface area (Å²) in [4.78, 5) is 28.2. The molecule has 0 bridgehead atoms. The number of aliphatic hydroxyl groups is 1. The maximum absolute atomic E-state index is 12.2. The van der Waals surface area contributed by atoms with Crippen molar-refractivity contribution in [2.75, 3.05) is 13.2 Å². The van der Waals surface area contributed by atoms with Crippen LogP contribution in [0.5, 0.6) is 5.75 Å². The topological polar surface area (TPSA) is 118 Å². The lowest BCUT2D eigenvalue weighted by Gasteiger charge is -2.22. The third kappa shape index (κ3) is 12.2. The smallest absolute Gasteiger partial charge is 0.437 e. The summed E-state index contributed by atoms with van der Waals surface area (Å²) in [5.41, 5.74) is -0.733. The number of ether oxygens (including phenoxy) is 3. The van der Waals surface area contributed by atoms with E-state index in [-0.39, 0.29) is 12.5 Å². The summed E-state index contributed by atoms with van der Waals surface area (Å²) in [6, 6.07) is 7.45. The van der Waals surface area contributed by atoms with Crippen LogP contribution in [0.4, 0.5) is 9.59 Å². The molecular formula is C27H43N3O6. The van der Waals surface area contributed by atoms with E-state index >= 15 is 0 Å². The van der Waals surface area contributed by atoms with Crippen LogP contribution < -0.4 is 15.4 Å². The van der Waals surface area contributed by atoms with Crippen molar-refractivity contribution in [1.29, 1.82) is 0 Å². The third-order valence-corrected chi connectivity index (χ3v) is 5.38. The summed E-state index contributed by atoms with van der Waals surface area (Å²) >= 11 is 0. The van der Waals surface area contributed by atoms with Gasteiger partial charge in [0, 0.05) is 6.54 Å². The van der Waals surface area contributed by atoms with E-state index in [0.29, 0.717) is 18.9 Å². The van der Waals surface area contributed by atoms with E-state index in [1.807, 2.05) is 24.3 Å². The average Bonchev–Trinajstić information content (AvgIpc) is 2.75. The molecule has 1 aromatic carbocycles. The molecule has 202 valence electrons. The van der Waals surface area contributed by atoms with Gasteiger partial charge in [-0.3, -0.25) is 5.32 Å². The van der Waals surface area contributed by atoms with Gasteiger partial charge in [0.15, 0.2) is 0 Å². The fraction of sp³-hybridized carbons (Fsp3) is 0.667. The zero-order chi connectivity index (χ0) is 26.8. The lowest BCUT2D eigenvalue weighted by atomic mass is 9.90. The molecule has 2 amide bonds. The maximum Gasteiger partial charge on any atom is 0.437 e. The van der Waals surface area contributed by atoms with Gasteiger partial charge >= 0.3 is 12.2 Å². The molecule has 0 saturated heterocycles. The summed E-state index contributed by atoms with van der Waals surface area (Å²) < 4.78 is 16.4. The average molecular weight is 506 g/mol. The molecule has 0 aliphatic heterocycles. The third-order valence-electron chi connectivity index (χ3n) is 5.38. The lowest BCUT2D eigenvalue weighted by Crippen LogP contribution is -2.44. The van der Waals surface area contributed by atoms with Gasteiger partial charge in [0.25, 0.3) is 0 Å². The van der Waals surface area contributed by atoms with Crippen LogP contribution in [0.25, 0.3) is 0 Å². The minimum atomic E-state index is -0.857. The van der Waals surface area contributed by atoms with Crippen molar-refractivity contribution in [3.8, 4) is 5.75 Å². The summed E-state index contributed by atoms with van der Waals surface area (Å²) in [6.07, 6.45) is 4.16. The van der Waals surface area contributed by atoms with Crippen molar-refractivity contribution in [3.63, 3.8) is 0 Å². The Morgan fingerprint density at radius 1 is 1.06 bits per heavy atom. The van der Waals surface area contributed by atoms with Crippen molar-refractivity contribution >= 4 is 18.1 Å². The van der Waals surface area contributed by atoms with E-state index in [1.54, 1.807) is 41.5 Å². The number of nitrogens with one attached hydrogen (secondary N) is 2. The zero-order valence-electron chi connectivity index (χ0n) is 22.6. The van der Waals surface area contributed by atoms with Gasteiger partial charge in [-0.25, -0.2) is 9.59 Å². The molecule has 9 heteroatoms. The highest BCUT2D eigenvalue weighted by molar-refractivity contribution is 5.98. The van der Waals surface area contributed by atoms with Crippen LogP contribution in [0.1, 0.15) is 91.7 Å². The van der Waals surface area contributed by atoms with E-state index < -0.39 is 29.5 Å². The Balaban J connectivity index is 1.94. The number of nitrogens with zero attached hydrogens (tertiary/aromatic N) is 1. The monoisotopic (exact) mass is 505 g/mol. The second-order valence-electron chi connectivity index (χ2n) is 11.2. The molecule has 1 saturated carbocycles. The normalized spacial score (nSPS) is 16.1. The standard InChI is InChI=1S/C27H43N3O6/c1-26(2,3)35-24(32)29-23(30-25(33)36-27(4,5)6)28-16-15-22(31)20-13-10-14-21(17-20)34-18-19-11-8-7-9-12-19/h10,13-14,17,19,22,31H,7-9,11-12,15-16,18H2,1-6H3,(H2,28,29,30,32,33)/t22-/m1/s1. The Labute approximate surface area is 215 Å². The molecule has 36 heavy (non-hydrogen) atoms. The van der Waals surface area contributed by atoms with Gasteiger partial charge in [-0.1, -0.05) is 31.4 Å². The van der Waals surface area contributed by atoms with Crippen molar-refractivity contribution in [1.82, 2.24) is 10.6 Å². The number of aliphatic hydroxyl groups excluding tert-OH is 1. The maximum atomic E-state index is 12.2. The largest absolute Gasteiger partial charge is 0.493 e. The summed E-state index contributed by atoms with van der Waals surface area (Å²) in [6.45, 7) is 11.3. The highest BCUT2D eigenvalue weighted by Gasteiger charge is 2.21. The highest BCUT2D eigenvalue weighted by Crippen LogP contribution is 2.26. The minimum Gasteiger partial charge on any atom is -0.493 e. The molecule has 9 nitrogen and oxygen atoms in total. The molecule has 2 rings (SSSR count). The zero-order valence-corrected chi connectivity index (χ0v) is 22.6. The predicted molar refractivity (Wildman–Crippen MR) is 139 cm³/mol. The van der Waals surface area contributed by atoms with Gasteiger partial charge < -0.3 is 24.6 Å². The second-order valence-corrected chi connectivity index (χ2v) is 11.2. The van der Waals surface area contributed by atoms with Gasteiger partial charge in [-0.15, -0.1) is 4.99 Å². The van der Waals surface area contributed by atoms with Crippen molar-refractivity contribution in [3.05, 3.63) is 29.8 Å².